The number of benzene rings is 2. The number of carbonyl (C=O) groups is 1. The van der Waals surface area contributed by atoms with Gasteiger partial charge in [-0.3, -0.25) is 4.79 Å². The van der Waals surface area contributed by atoms with Gasteiger partial charge in [-0.2, -0.15) is 18.3 Å². The number of halogens is 4. The van der Waals surface area contributed by atoms with E-state index in [0.29, 0.717) is 28.0 Å². The summed E-state index contributed by atoms with van der Waals surface area (Å²) in [5.74, 6) is -0.978. The van der Waals surface area contributed by atoms with E-state index in [1.54, 1.807) is 25.1 Å². The third-order valence-corrected chi connectivity index (χ3v) is 5.57. The summed E-state index contributed by atoms with van der Waals surface area (Å²) in [6.07, 6.45) is -1.34. The lowest BCUT2D eigenvalue weighted by Crippen LogP contribution is -2.38. The van der Waals surface area contributed by atoms with Crippen molar-refractivity contribution in [2.45, 2.75) is 24.9 Å². The minimum absolute atomic E-state index is 0.131. The Bertz CT molecular complexity index is 1320. The SMILES string of the molecule is COC(=O)[C@](C)(Cc1cccc(F)c1)c1ccnc2c(-c3ccc(C(F)(F)F)cc3)cnn12. The van der Waals surface area contributed by atoms with Crippen molar-refractivity contribution in [3.8, 4) is 11.1 Å². The third kappa shape index (κ3) is 4.18. The molecule has 0 radical (unpaired) electrons. The van der Waals surface area contributed by atoms with Crippen LogP contribution in [-0.2, 0) is 27.5 Å². The Kier molecular flexibility index (Phi) is 5.65. The largest absolute Gasteiger partial charge is 0.468 e. The molecule has 0 fully saturated rings. The van der Waals surface area contributed by atoms with Crippen LogP contribution in [0.25, 0.3) is 16.8 Å². The zero-order valence-corrected chi connectivity index (χ0v) is 17.7. The van der Waals surface area contributed by atoms with Gasteiger partial charge >= 0.3 is 12.1 Å². The average Bonchev–Trinajstić information content (AvgIpc) is 3.22. The smallest absolute Gasteiger partial charge is 0.416 e. The van der Waals surface area contributed by atoms with Crippen molar-refractivity contribution in [3.63, 3.8) is 0 Å². The maximum absolute atomic E-state index is 13.8. The maximum Gasteiger partial charge on any atom is 0.416 e. The highest BCUT2D eigenvalue weighted by atomic mass is 19.4. The number of carbonyl (C=O) groups excluding carboxylic acids is 1. The fourth-order valence-corrected chi connectivity index (χ4v) is 3.90. The second-order valence-electron chi connectivity index (χ2n) is 7.83. The van der Waals surface area contributed by atoms with Gasteiger partial charge in [0, 0.05) is 11.8 Å². The van der Waals surface area contributed by atoms with E-state index in [4.69, 9.17) is 4.74 Å². The normalized spacial score (nSPS) is 13.6. The lowest BCUT2D eigenvalue weighted by atomic mass is 9.80. The van der Waals surface area contributed by atoms with Crippen LogP contribution in [0.5, 0.6) is 0 Å². The summed E-state index contributed by atoms with van der Waals surface area (Å²) < 4.78 is 59.0. The van der Waals surface area contributed by atoms with Crippen molar-refractivity contribution in [3.05, 3.63) is 89.6 Å². The van der Waals surface area contributed by atoms with Gasteiger partial charge < -0.3 is 4.74 Å². The highest BCUT2D eigenvalue weighted by Crippen LogP contribution is 2.34. The first-order valence-electron chi connectivity index (χ1n) is 9.97. The van der Waals surface area contributed by atoms with Gasteiger partial charge in [0.1, 0.15) is 11.2 Å². The van der Waals surface area contributed by atoms with E-state index in [9.17, 15) is 22.4 Å². The Morgan fingerprint density at radius 2 is 1.82 bits per heavy atom. The highest BCUT2D eigenvalue weighted by Gasteiger charge is 2.39. The summed E-state index contributed by atoms with van der Waals surface area (Å²) in [5, 5.41) is 4.36. The van der Waals surface area contributed by atoms with Crippen LogP contribution in [0.2, 0.25) is 0 Å². The number of hydrogen-bond donors (Lipinski definition) is 0. The Morgan fingerprint density at radius 1 is 1.09 bits per heavy atom. The zero-order chi connectivity index (χ0) is 23.8. The van der Waals surface area contributed by atoms with E-state index < -0.39 is 28.9 Å². The standard InChI is InChI=1S/C24H19F4N3O2/c1-23(22(32)33-2,13-15-4-3-5-18(25)12-15)20-10-11-29-21-19(14-30-31(20)21)16-6-8-17(9-7-16)24(26,27)28/h3-12,14H,13H2,1-2H3/t23-/m1/s1. The molecule has 2 aromatic heterocycles. The molecule has 5 nitrogen and oxygen atoms in total. The second kappa shape index (κ2) is 8.31. The van der Waals surface area contributed by atoms with E-state index in [-0.39, 0.29) is 6.42 Å². The number of esters is 1. The van der Waals surface area contributed by atoms with Crippen LogP contribution in [0.4, 0.5) is 17.6 Å². The molecule has 0 amide bonds. The summed E-state index contributed by atoms with van der Waals surface area (Å²) in [4.78, 5) is 17.2. The Morgan fingerprint density at radius 3 is 2.45 bits per heavy atom. The lowest BCUT2D eigenvalue weighted by Gasteiger charge is -2.27. The van der Waals surface area contributed by atoms with Crippen LogP contribution >= 0.6 is 0 Å². The van der Waals surface area contributed by atoms with Gasteiger partial charge in [0.05, 0.1) is 24.6 Å². The van der Waals surface area contributed by atoms with Gasteiger partial charge in [0.2, 0.25) is 0 Å². The van der Waals surface area contributed by atoms with Gasteiger partial charge in [-0.05, 0) is 54.8 Å². The van der Waals surface area contributed by atoms with Gasteiger partial charge in [0.15, 0.2) is 5.65 Å². The number of methoxy groups -OCH3 is 1. The predicted octanol–water partition coefficient (Wildman–Crippen LogP) is 5.23. The van der Waals surface area contributed by atoms with E-state index >= 15 is 0 Å². The average molecular weight is 457 g/mol. The molecule has 0 aliphatic rings. The molecule has 2 aromatic carbocycles. The Balaban J connectivity index is 1.82. The van der Waals surface area contributed by atoms with Crippen LogP contribution in [0, 0.1) is 5.82 Å². The zero-order valence-electron chi connectivity index (χ0n) is 17.7. The fraction of sp³-hybridized carbons (Fsp3) is 0.208. The minimum Gasteiger partial charge on any atom is -0.468 e. The number of nitrogens with zero attached hydrogens (tertiary/aromatic N) is 3. The minimum atomic E-state index is -4.44. The second-order valence-corrected chi connectivity index (χ2v) is 7.83. The topological polar surface area (TPSA) is 56.5 Å². The molecule has 0 aliphatic carbocycles. The molecule has 4 aromatic rings. The molecule has 0 unspecified atom stereocenters. The molecule has 0 saturated heterocycles. The first-order chi connectivity index (χ1) is 15.6. The van der Waals surface area contributed by atoms with Crippen LogP contribution in [-0.4, -0.2) is 27.7 Å². The van der Waals surface area contributed by atoms with Gasteiger partial charge in [0.25, 0.3) is 0 Å². The van der Waals surface area contributed by atoms with Crippen LogP contribution in [0.1, 0.15) is 23.7 Å². The Hall–Kier alpha value is -3.75. The molecule has 0 saturated carbocycles. The molecule has 9 heteroatoms. The van der Waals surface area contributed by atoms with Crippen molar-refractivity contribution in [2.75, 3.05) is 7.11 Å². The number of rotatable bonds is 5. The number of alkyl halides is 3. The monoisotopic (exact) mass is 457 g/mol. The molecule has 2 heterocycles. The third-order valence-electron chi connectivity index (χ3n) is 5.57. The quantitative estimate of drug-likeness (QED) is 0.304. The lowest BCUT2D eigenvalue weighted by molar-refractivity contribution is -0.147. The molecule has 0 bridgehead atoms. The predicted molar refractivity (Wildman–Crippen MR) is 113 cm³/mol. The first kappa shape index (κ1) is 22.4. The summed E-state index contributed by atoms with van der Waals surface area (Å²) in [5.41, 5.74) is 0.389. The van der Waals surface area contributed by atoms with E-state index in [2.05, 4.69) is 10.1 Å². The molecule has 33 heavy (non-hydrogen) atoms. The van der Waals surface area contributed by atoms with Crippen molar-refractivity contribution in [1.82, 2.24) is 14.6 Å². The Labute approximate surface area is 186 Å². The summed E-state index contributed by atoms with van der Waals surface area (Å²) in [6, 6.07) is 12.2. The van der Waals surface area contributed by atoms with Crippen molar-refractivity contribution >= 4 is 11.6 Å². The van der Waals surface area contributed by atoms with Crippen molar-refractivity contribution in [1.29, 1.82) is 0 Å². The molecule has 0 aliphatic heterocycles. The fourth-order valence-electron chi connectivity index (χ4n) is 3.90. The molecular formula is C24H19F4N3O2. The van der Waals surface area contributed by atoms with Crippen molar-refractivity contribution in [2.24, 2.45) is 0 Å². The highest BCUT2D eigenvalue weighted by molar-refractivity contribution is 5.84. The van der Waals surface area contributed by atoms with Crippen molar-refractivity contribution < 1.29 is 27.1 Å². The summed E-state index contributed by atoms with van der Waals surface area (Å²) >= 11 is 0. The van der Waals surface area contributed by atoms with E-state index in [0.717, 1.165) is 12.1 Å². The number of fused-ring (bicyclic) bond motifs is 1. The number of hydrogen-bond acceptors (Lipinski definition) is 4. The van der Waals surface area contributed by atoms with Gasteiger partial charge in [-0.1, -0.05) is 24.3 Å². The van der Waals surface area contributed by atoms with Crippen LogP contribution in [0.3, 0.4) is 0 Å². The number of ether oxygens (including phenoxy) is 1. The molecule has 0 spiro atoms. The van der Waals surface area contributed by atoms with E-state index in [1.165, 1.54) is 48.3 Å². The number of aromatic nitrogens is 3. The molecule has 0 N–H and O–H groups in total. The van der Waals surface area contributed by atoms with Crippen LogP contribution < -0.4 is 0 Å². The summed E-state index contributed by atoms with van der Waals surface area (Å²) in [7, 11) is 1.27. The summed E-state index contributed by atoms with van der Waals surface area (Å²) in [6.45, 7) is 1.66. The molecule has 170 valence electrons. The molecule has 1 atom stereocenters. The maximum atomic E-state index is 13.8. The first-order valence-corrected chi connectivity index (χ1v) is 9.97. The van der Waals surface area contributed by atoms with Gasteiger partial charge in [-0.25, -0.2) is 13.9 Å². The molecule has 4 rings (SSSR count). The van der Waals surface area contributed by atoms with E-state index in [1.807, 2.05) is 0 Å². The van der Waals surface area contributed by atoms with Crippen LogP contribution in [0.15, 0.2) is 67.0 Å². The van der Waals surface area contributed by atoms with Gasteiger partial charge in [-0.15, -0.1) is 0 Å². The molecular weight excluding hydrogens is 438 g/mol.